The van der Waals surface area contributed by atoms with Crippen molar-refractivity contribution < 1.29 is 22.4 Å². The van der Waals surface area contributed by atoms with E-state index in [0.29, 0.717) is 12.5 Å². The number of rotatable bonds is 7. The highest BCUT2D eigenvalue weighted by Gasteiger charge is 2.24. The highest BCUT2D eigenvalue weighted by molar-refractivity contribution is 5.85. The molecule has 0 saturated heterocycles. The van der Waals surface area contributed by atoms with E-state index in [1.54, 1.807) is 0 Å². The van der Waals surface area contributed by atoms with E-state index in [4.69, 9.17) is 0 Å². The Morgan fingerprint density at radius 1 is 1.14 bits per heavy atom. The first kappa shape index (κ1) is 20.8. The Bertz CT molecular complexity index is 1000. The van der Waals surface area contributed by atoms with E-state index in [9.17, 15) is 22.4 Å². The Kier molecular flexibility index (Phi) is 6.14. The number of hydrogen-bond acceptors (Lipinski definition) is 3. The maximum atomic E-state index is 13.4. The number of amides is 1. The lowest BCUT2D eigenvalue weighted by molar-refractivity contribution is -0.122. The average Bonchev–Trinajstić information content (AvgIpc) is 3.01. The molecule has 9 heteroatoms. The third kappa shape index (κ3) is 4.38. The van der Waals surface area contributed by atoms with Crippen molar-refractivity contribution in [2.24, 2.45) is 0 Å². The molecule has 1 amide bonds. The summed E-state index contributed by atoms with van der Waals surface area (Å²) in [5.74, 6) is -0.423. The Morgan fingerprint density at radius 3 is 2.41 bits per heavy atom. The third-order valence-corrected chi connectivity index (χ3v) is 4.63. The molecule has 29 heavy (non-hydrogen) atoms. The summed E-state index contributed by atoms with van der Waals surface area (Å²) in [6, 6.07) is 9.79. The number of alkyl halides is 4. The molecule has 154 valence electrons. The number of hydrogen-bond donors (Lipinski definition) is 1. The number of pyridine rings is 1. The lowest BCUT2D eigenvalue weighted by atomic mass is 10.0. The first-order valence-corrected chi connectivity index (χ1v) is 9.10. The van der Waals surface area contributed by atoms with Crippen LogP contribution in [0.1, 0.15) is 54.8 Å². The quantitative estimate of drug-likeness (QED) is 0.567. The van der Waals surface area contributed by atoms with Crippen molar-refractivity contribution in [3.8, 4) is 0 Å². The molecular weight excluding hydrogens is 388 g/mol. The molecular formula is C20H20F4N4O. The van der Waals surface area contributed by atoms with Gasteiger partial charge in [0.2, 0.25) is 5.91 Å². The number of carbonyl (C=O) groups excluding carboxylic acids is 1. The van der Waals surface area contributed by atoms with Crippen molar-refractivity contribution in [1.29, 1.82) is 0 Å². The number of nitrogens with zero attached hydrogens (tertiary/aromatic N) is 3. The highest BCUT2D eigenvalue weighted by atomic mass is 19.3. The first-order valence-electron chi connectivity index (χ1n) is 9.10. The zero-order chi connectivity index (χ0) is 21.1. The maximum Gasteiger partial charge on any atom is 0.280 e. The maximum absolute atomic E-state index is 13.4. The van der Waals surface area contributed by atoms with Gasteiger partial charge in [-0.05, 0) is 25.0 Å². The molecule has 0 fully saturated rings. The summed E-state index contributed by atoms with van der Waals surface area (Å²) in [6.45, 7) is 3.07. The molecule has 2 heterocycles. The van der Waals surface area contributed by atoms with Gasteiger partial charge in [0.1, 0.15) is 12.2 Å². The number of aryl methyl sites for hydroxylation is 1. The Labute approximate surface area is 164 Å². The highest BCUT2D eigenvalue weighted by Crippen LogP contribution is 2.32. The smallest absolute Gasteiger partial charge is 0.280 e. The van der Waals surface area contributed by atoms with Crippen molar-refractivity contribution in [3.05, 3.63) is 58.9 Å². The lowest BCUT2D eigenvalue weighted by Gasteiger charge is -2.17. The van der Waals surface area contributed by atoms with Crippen LogP contribution in [-0.4, -0.2) is 20.7 Å². The second-order valence-electron chi connectivity index (χ2n) is 6.62. The number of carbonyl (C=O) groups is 1. The van der Waals surface area contributed by atoms with E-state index < -0.39 is 30.0 Å². The minimum absolute atomic E-state index is 0.00713. The molecule has 0 radical (unpaired) electrons. The van der Waals surface area contributed by atoms with Gasteiger partial charge in [-0.25, -0.2) is 27.2 Å². The number of halogens is 4. The second-order valence-corrected chi connectivity index (χ2v) is 6.62. The summed E-state index contributed by atoms with van der Waals surface area (Å²) >= 11 is 0. The van der Waals surface area contributed by atoms with Crippen LogP contribution in [0, 0.1) is 6.92 Å². The molecule has 1 unspecified atom stereocenters. The van der Waals surface area contributed by atoms with Crippen molar-refractivity contribution >= 4 is 16.9 Å². The molecule has 5 nitrogen and oxygen atoms in total. The van der Waals surface area contributed by atoms with Gasteiger partial charge in [0.05, 0.1) is 17.1 Å². The first-order chi connectivity index (χ1) is 13.8. The summed E-state index contributed by atoms with van der Waals surface area (Å²) < 4.78 is 54.2. The number of fused-ring (bicyclic) bond motifs is 1. The van der Waals surface area contributed by atoms with Crippen molar-refractivity contribution in [2.75, 3.05) is 0 Å². The minimum Gasteiger partial charge on any atom is -0.348 e. The third-order valence-electron chi connectivity index (χ3n) is 4.63. The molecule has 0 saturated carbocycles. The van der Waals surface area contributed by atoms with Crippen LogP contribution in [0.25, 0.3) is 11.0 Å². The van der Waals surface area contributed by atoms with Crippen LogP contribution in [0.15, 0.2) is 36.4 Å². The Hall–Kier alpha value is -2.97. The molecule has 3 rings (SSSR count). The van der Waals surface area contributed by atoms with Gasteiger partial charge in [-0.2, -0.15) is 5.10 Å². The molecule has 0 aliphatic carbocycles. The topological polar surface area (TPSA) is 59.8 Å². The minimum atomic E-state index is -3.02. The molecule has 1 N–H and O–H groups in total. The van der Waals surface area contributed by atoms with Crippen LogP contribution in [0.4, 0.5) is 17.6 Å². The number of benzene rings is 1. The summed E-state index contributed by atoms with van der Waals surface area (Å²) in [4.78, 5) is 16.3. The van der Waals surface area contributed by atoms with Crippen molar-refractivity contribution in [1.82, 2.24) is 20.1 Å². The predicted molar refractivity (Wildman–Crippen MR) is 99.8 cm³/mol. The van der Waals surface area contributed by atoms with Crippen LogP contribution in [-0.2, 0) is 11.3 Å². The van der Waals surface area contributed by atoms with Gasteiger partial charge in [0.15, 0.2) is 5.65 Å². The Balaban J connectivity index is 1.92. The van der Waals surface area contributed by atoms with E-state index in [2.05, 4.69) is 15.4 Å². The molecule has 3 aromatic rings. The molecule has 0 aliphatic rings. The second kappa shape index (κ2) is 8.59. The normalized spacial score (nSPS) is 12.7. The van der Waals surface area contributed by atoms with Crippen LogP contribution in [0.2, 0.25) is 0 Å². The standard InChI is InChI=1S/C20H20F4N4O/c1-3-14(12-7-5-4-6-8-12)25-16(29)10-28-20-17(11(2)27-28)13(18(21)22)9-15(26-20)19(23)24/h4-9,14,18-19H,3,10H2,1-2H3,(H,25,29). The summed E-state index contributed by atoms with van der Waals surface area (Å²) in [7, 11) is 0. The van der Waals surface area contributed by atoms with E-state index in [1.807, 2.05) is 37.3 Å². The molecule has 0 aliphatic heterocycles. The summed E-state index contributed by atoms with van der Waals surface area (Å²) in [5.41, 5.74) is -0.372. The van der Waals surface area contributed by atoms with Gasteiger partial charge in [0, 0.05) is 5.56 Å². The fourth-order valence-corrected chi connectivity index (χ4v) is 3.28. The van der Waals surface area contributed by atoms with Gasteiger partial charge in [-0.15, -0.1) is 0 Å². The van der Waals surface area contributed by atoms with Crippen LogP contribution in [0.3, 0.4) is 0 Å². The molecule has 2 aromatic heterocycles. The van der Waals surface area contributed by atoms with E-state index in [-0.39, 0.29) is 29.3 Å². The predicted octanol–water partition coefficient (Wildman–Crippen LogP) is 4.88. The fourth-order valence-electron chi connectivity index (χ4n) is 3.28. The van der Waals surface area contributed by atoms with Crippen molar-refractivity contribution in [3.63, 3.8) is 0 Å². The van der Waals surface area contributed by atoms with Gasteiger partial charge in [-0.1, -0.05) is 37.3 Å². The SMILES string of the molecule is CCC(NC(=O)Cn1nc(C)c2c(C(F)F)cc(C(F)F)nc21)c1ccccc1. The van der Waals surface area contributed by atoms with Gasteiger partial charge >= 0.3 is 0 Å². The van der Waals surface area contributed by atoms with E-state index in [1.165, 1.54) is 6.92 Å². The fraction of sp³-hybridized carbons (Fsp3) is 0.350. The summed E-state index contributed by atoms with van der Waals surface area (Å²) in [5, 5.41) is 6.94. The number of aromatic nitrogens is 3. The monoisotopic (exact) mass is 408 g/mol. The molecule has 0 bridgehead atoms. The van der Waals surface area contributed by atoms with Crippen molar-refractivity contribution in [2.45, 2.75) is 45.7 Å². The van der Waals surface area contributed by atoms with E-state index >= 15 is 0 Å². The zero-order valence-corrected chi connectivity index (χ0v) is 15.9. The van der Waals surface area contributed by atoms with Crippen LogP contribution >= 0.6 is 0 Å². The Morgan fingerprint density at radius 2 is 1.83 bits per heavy atom. The molecule has 1 atom stereocenters. The van der Waals surface area contributed by atoms with Crippen LogP contribution < -0.4 is 5.32 Å². The number of nitrogens with one attached hydrogen (secondary N) is 1. The molecule has 0 spiro atoms. The largest absolute Gasteiger partial charge is 0.348 e. The summed E-state index contributed by atoms with van der Waals surface area (Å²) in [6.07, 6.45) is -5.35. The lowest BCUT2D eigenvalue weighted by Crippen LogP contribution is -2.31. The zero-order valence-electron chi connectivity index (χ0n) is 15.9. The average molecular weight is 408 g/mol. The van der Waals surface area contributed by atoms with Gasteiger partial charge in [-0.3, -0.25) is 4.79 Å². The van der Waals surface area contributed by atoms with Gasteiger partial charge < -0.3 is 5.32 Å². The van der Waals surface area contributed by atoms with E-state index in [0.717, 1.165) is 10.2 Å². The molecule has 1 aromatic carbocycles. The van der Waals surface area contributed by atoms with Gasteiger partial charge in [0.25, 0.3) is 12.9 Å². The van der Waals surface area contributed by atoms with Crippen LogP contribution in [0.5, 0.6) is 0 Å².